The SMILES string of the molecule is CC(=O)OC1CCc2ccc(C)nc21. The van der Waals surface area contributed by atoms with Gasteiger partial charge in [-0.1, -0.05) is 6.07 Å². The number of fused-ring (bicyclic) bond motifs is 1. The first-order valence-electron chi connectivity index (χ1n) is 4.80. The van der Waals surface area contributed by atoms with Gasteiger partial charge in [0.25, 0.3) is 0 Å². The summed E-state index contributed by atoms with van der Waals surface area (Å²) < 4.78 is 5.19. The zero-order valence-electron chi connectivity index (χ0n) is 8.41. The lowest BCUT2D eigenvalue weighted by atomic mass is 10.2. The molecular formula is C11H13NO2. The van der Waals surface area contributed by atoms with Gasteiger partial charge >= 0.3 is 5.97 Å². The number of ether oxygens (including phenoxy) is 1. The lowest BCUT2D eigenvalue weighted by Gasteiger charge is -2.10. The molecule has 3 nitrogen and oxygen atoms in total. The molecule has 1 atom stereocenters. The minimum Gasteiger partial charge on any atom is -0.456 e. The van der Waals surface area contributed by atoms with Crippen molar-refractivity contribution in [1.82, 2.24) is 4.98 Å². The van der Waals surface area contributed by atoms with Crippen LogP contribution in [0.25, 0.3) is 0 Å². The molecule has 0 saturated carbocycles. The van der Waals surface area contributed by atoms with Crippen LogP contribution in [0.3, 0.4) is 0 Å². The van der Waals surface area contributed by atoms with Crippen LogP contribution in [0.2, 0.25) is 0 Å². The van der Waals surface area contributed by atoms with Gasteiger partial charge in [0.05, 0.1) is 5.69 Å². The van der Waals surface area contributed by atoms with E-state index >= 15 is 0 Å². The van der Waals surface area contributed by atoms with E-state index in [0.717, 1.165) is 24.2 Å². The van der Waals surface area contributed by atoms with Crippen LogP contribution >= 0.6 is 0 Å². The van der Waals surface area contributed by atoms with Crippen molar-refractivity contribution in [2.24, 2.45) is 0 Å². The number of carbonyl (C=O) groups is 1. The standard InChI is InChI=1S/C11H13NO2/c1-7-3-4-9-5-6-10(11(9)12-7)14-8(2)13/h3-4,10H,5-6H2,1-2H3. The second-order valence-corrected chi connectivity index (χ2v) is 3.63. The van der Waals surface area contributed by atoms with E-state index in [1.54, 1.807) is 0 Å². The van der Waals surface area contributed by atoms with Gasteiger partial charge in [0, 0.05) is 12.6 Å². The number of esters is 1. The Morgan fingerprint density at radius 2 is 2.36 bits per heavy atom. The maximum atomic E-state index is 10.8. The van der Waals surface area contributed by atoms with Crippen LogP contribution in [0.5, 0.6) is 0 Å². The number of carbonyl (C=O) groups excluding carboxylic acids is 1. The van der Waals surface area contributed by atoms with E-state index < -0.39 is 0 Å². The molecule has 0 N–H and O–H groups in total. The van der Waals surface area contributed by atoms with Gasteiger partial charge < -0.3 is 4.74 Å². The molecule has 0 aliphatic heterocycles. The fourth-order valence-corrected chi connectivity index (χ4v) is 1.83. The molecule has 14 heavy (non-hydrogen) atoms. The van der Waals surface area contributed by atoms with Gasteiger partial charge in [-0.15, -0.1) is 0 Å². The van der Waals surface area contributed by atoms with Gasteiger partial charge in [-0.05, 0) is 31.4 Å². The van der Waals surface area contributed by atoms with Crippen LogP contribution in [-0.4, -0.2) is 11.0 Å². The second kappa shape index (κ2) is 3.40. The van der Waals surface area contributed by atoms with Crippen LogP contribution in [0.4, 0.5) is 0 Å². The Kier molecular flexibility index (Phi) is 2.23. The van der Waals surface area contributed by atoms with E-state index in [-0.39, 0.29) is 12.1 Å². The molecule has 0 radical (unpaired) electrons. The van der Waals surface area contributed by atoms with E-state index in [2.05, 4.69) is 11.1 Å². The summed E-state index contributed by atoms with van der Waals surface area (Å²) in [5, 5.41) is 0. The summed E-state index contributed by atoms with van der Waals surface area (Å²) in [6.45, 7) is 3.39. The van der Waals surface area contributed by atoms with Crippen LogP contribution in [0.1, 0.15) is 36.4 Å². The van der Waals surface area contributed by atoms with Crippen molar-refractivity contribution in [2.45, 2.75) is 32.8 Å². The number of hydrogen-bond donors (Lipinski definition) is 0. The lowest BCUT2D eigenvalue weighted by molar-refractivity contribution is -0.146. The van der Waals surface area contributed by atoms with Crippen LogP contribution in [0.15, 0.2) is 12.1 Å². The normalized spacial score (nSPS) is 19.1. The first kappa shape index (κ1) is 9.19. The second-order valence-electron chi connectivity index (χ2n) is 3.63. The van der Waals surface area contributed by atoms with Crippen molar-refractivity contribution in [3.8, 4) is 0 Å². The van der Waals surface area contributed by atoms with Gasteiger partial charge in [-0.2, -0.15) is 0 Å². The first-order chi connectivity index (χ1) is 6.66. The third kappa shape index (κ3) is 1.62. The average molecular weight is 191 g/mol. The summed E-state index contributed by atoms with van der Waals surface area (Å²) in [5.74, 6) is -0.230. The summed E-state index contributed by atoms with van der Waals surface area (Å²) in [7, 11) is 0. The molecule has 1 heterocycles. The highest BCUT2D eigenvalue weighted by atomic mass is 16.5. The van der Waals surface area contributed by atoms with Crippen molar-refractivity contribution in [2.75, 3.05) is 0 Å². The molecule has 0 aromatic carbocycles. The number of rotatable bonds is 1. The van der Waals surface area contributed by atoms with E-state index in [1.807, 2.05) is 13.0 Å². The van der Waals surface area contributed by atoms with Crippen molar-refractivity contribution >= 4 is 5.97 Å². The fraction of sp³-hybridized carbons (Fsp3) is 0.455. The Hall–Kier alpha value is -1.38. The predicted molar refractivity (Wildman–Crippen MR) is 51.8 cm³/mol. The van der Waals surface area contributed by atoms with Gasteiger partial charge in [0.1, 0.15) is 6.10 Å². The number of pyridine rings is 1. The molecule has 1 aliphatic carbocycles. The molecule has 74 valence electrons. The monoisotopic (exact) mass is 191 g/mol. The van der Waals surface area contributed by atoms with Crippen molar-refractivity contribution < 1.29 is 9.53 Å². The number of aryl methyl sites for hydroxylation is 2. The molecule has 1 aromatic rings. The summed E-state index contributed by atoms with van der Waals surface area (Å²) in [6.07, 6.45) is 1.70. The molecule has 1 unspecified atom stereocenters. The Morgan fingerprint density at radius 1 is 1.57 bits per heavy atom. The molecule has 1 aromatic heterocycles. The number of aromatic nitrogens is 1. The topological polar surface area (TPSA) is 39.2 Å². The highest BCUT2D eigenvalue weighted by Gasteiger charge is 2.26. The number of hydrogen-bond acceptors (Lipinski definition) is 3. The average Bonchev–Trinajstić information content (AvgIpc) is 2.47. The highest BCUT2D eigenvalue weighted by molar-refractivity contribution is 5.66. The third-order valence-corrected chi connectivity index (χ3v) is 2.44. The summed E-state index contributed by atoms with van der Waals surface area (Å²) in [6, 6.07) is 4.07. The Balaban J connectivity index is 2.28. The maximum Gasteiger partial charge on any atom is 0.303 e. The zero-order valence-corrected chi connectivity index (χ0v) is 8.41. The van der Waals surface area contributed by atoms with E-state index in [1.165, 1.54) is 12.5 Å². The minimum absolute atomic E-state index is 0.123. The van der Waals surface area contributed by atoms with Crippen molar-refractivity contribution in [1.29, 1.82) is 0 Å². The summed E-state index contributed by atoms with van der Waals surface area (Å²) in [5.41, 5.74) is 3.13. The Bertz CT molecular complexity index is 374. The molecule has 3 heteroatoms. The molecule has 2 rings (SSSR count). The van der Waals surface area contributed by atoms with E-state index in [4.69, 9.17) is 4.74 Å². The molecule has 0 saturated heterocycles. The largest absolute Gasteiger partial charge is 0.456 e. The summed E-state index contributed by atoms with van der Waals surface area (Å²) >= 11 is 0. The molecule has 1 aliphatic rings. The highest BCUT2D eigenvalue weighted by Crippen LogP contribution is 2.32. The Morgan fingerprint density at radius 3 is 3.07 bits per heavy atom. The molecule has 0 fully saturated rings. The van der Waals surface area contributed by atoms with Gasteiger partial charge in [0.2, 0.25) is 0 Å². The first-order valence-corrected chi connectivity index (χ1v) is 4.80. The van der Waals surface area contributed by atoms with Crippen molar-refractivity contribution in [3.05, 3.63) is 29.1 Å². The van der Waals surface area contributed by atoms with E-state index in [0.29, 0.717) is 0 Å². The van der Waals surface area contributed by atoms with Crippen LogP contribution < -0.4 is 0 Å². The molecular weight excluding hydrogens is 178 g/mol. The fourth-order valence-electron chi connectivity index (χ4n) is 1.83. The third-order valence-electron chi connectivity index (χ3n) is 2.44. The smallest absolute Gasteiger partial charge is 0.303 e. The zero-order chi connectivity index (χ0) is 10.1. The lowest BCUT2D eigenvalue weighted by Crippen LogP contribution is -2.07. The van der Waals surface area contributed by atoms with Gasteiger partial charge in [-0.3, -0.25) is 9.78 Å². The molecule has 0 spiro atoms. The minimum atomic E-state index is -0.230. The predicted octanol–water partition coefficient (Wildman–Crippen LogP) is 1.94. The van der Waals surface area contributed by atoms with Crippen LogP contribution in [0, 0.1) is 6.92 Å². The van der Waals surface area contributed by atoms with Gasteiger partial charge in [0.15, 0.2) is 0 Å². The Labute approximate surface area is 83.1 Å². The maximum absolute atomic E-state index is 10.8. The van der Waals surface area contributed by atoms with Crippen LogP contribution in [-0.2, 0) is 16.0 Å². The molecule has 0 amide bonds. The quantitative estimate of drug-likeness (QED) is 0.637. The van der Waals surface area contributed by atoms with Gasteiger partial charge in [-0.25, -0.2) is 0 Å². The van der Waals surface area contributed by atoms with Crippen molar-refractivity contribution in [3.63, 3.8) is 0 Å². The summed E-state index contributed by atoms with van der Waals surface area (Å²) in [4.78, 5) is 15.3. The van der Waals surface area contributed by atoms with E-state index in [9.17, 15) is 4.79 Å². The molecule has 0 bridgehead atoms. The number of nitrogens with zero attached hydrogens (tertiary/aromatic N) is 1.